The molecule has 6 heteroatoms. The van der Waals surface area contributed by atoms with Gasteiger partial charge in [0.15, 0.2) is 5.82 Å². The molecule has 0 aliphatic carbocycles. The van der Waals surface area contributed by atoms with Crippen LogP contribution in [0.1, 0.15) is 5.56 Å². The van der Waals surface area contributed by atoms with Gasteiger partial charge in [0.2, 0.25) is 0 Å². The molecule has 0 spiro atoms. The lowest BCUT2D eigenvalue weighted by atomic mass is 10.3. The van der Waals surface area contributed by atoms with Crippen molar-refractivity contribution in [3.63, 3.8) is 0 Å². The summed E-state index contributed by atoms with van der Waals surface area (Å²) in [6.45, 7) is 0.676. The molecule has 0 aliphatic rings. The number of hydrogen-bond acceptors (Lipinski definition) is 4. The highest BCUT2D eigenvalue weighted by Crippen LogP contribution is 2.14. The third kappa shape index (κ3) is 2.09. The fourth-order valence-electron chi connectivity index (χ4n) is 1.39. The van der Waals surface area contributed by atoms with E-state index in [1.54, 1.807) is 15.6 Å². The molecule has 80 valence electrons. The van der Waals surface area contributed by atoms with Gasteiger partial charge >= 0.3 is 0 Å². The summed E-state index contributed by atoms with van der Waals surface area (Å²) in [6, 6.07) is 0. The summed E-state index contributed by atoms with van der Waals surface area (Å²) in [7, 11) is 3.73. The molecule has 0 bridgehead atoms. The van der Waals surface area contributed by atoms with Crippen molar-refractivity contribution in [3.8, 4) is 0 Å². The molecule has 0 aliphatic heterocycles. The van der Waals surface area contributed by atoms with Crippen molar-refractivity contribution in [2.75, 3.05) is 11.1 Å². The molecule has 0 amide bonds. The second-order valence-corrected chi connectivity index (χ2v) is 3.48. The van der Waals surface area contributed by atoms with Crippen molar-refractivity contribution in [1.82, 2.24) is 19.6 Å². The van der Waals surface area contributed by atoms with Gasteiger partial charge in [-0.05, 0) is 0 Å². The summed E-state index contributed by atoms with van der Waals surface area (Å²) in [5.41, 5.74) is 7.50. The zero-order valence-electron chi connectivity index (χ0n) is 8.81. The predicted molar refractivity (Wildman–Crippen MR) is 58.2 cm³/mol. The lowest BCUT2D eigenvalue weighted by Gasteiger charge is -2.00. The van der Waals surface area contributed by atoms with E-state index in [1.807, 2.05) is 26.5 Å². The monoisotopic (exact) mass is 206 g/mol. The molecule has 2 aromatic heterocycles. The van der Waals surface area contributed by atoms with Gasteiger partial charge < -0.3 is 11.1 Å². The molecule has 2 heterocycles. The van der Waals surface area contributed by atoms with E-state index in [-0.39, 0.29) is 0 Å². The number of aryl methyl sites for hydroxylation is 2. The first-order valence-corrected chi connectivity index (χ1v) is 4.65. The molecule has 3 N–H and O–H groups in total. The Morgan fingerprint density at radius 3 is 2.67 bits per heavy atom. The minimum Gasteiger partial charge on any atom is -0.394 e. The topological polar surface area (TPSA) is 73.7 Å². The maximum absolute atomic E-state index is 5.74. The van der Waals surface area contributed by atoms with Crippen molar-refractivity contribution in [1.29, 1.82) is 0 Å². The van der Waals surface area contributed by atoms with Crippen LogP contribution in [-0.2, 0) is 20.6 Å². The van der Waals surface area contributed by atoms with Crippen LogP contribution in [0.5, 0.6) is 0 Å². The summed E-state index contributed by atoms with van der Waals surface area (Å²) in [5, 5.41) is 11.4. The highest BCUT2D eigenvalue weighted by Gasteiger charge is 2.03. The summed E-state index contributed by atoms with van der Waals surface area (Å²) in [6.07, 6.45) is 5.53. The molecule has 0 saturated heterocycles. The van der Waals surface area contributed by atoms with Crippen molar-refractivity contribution in [3.05, 3.63) is 24.2 Å². The Labute approximate surface area is 87.7 Å². The fourth-order valence-corrected chi connectivity index (χ4v) is 1.39. The van der Waals surface area contributed by atoms with Crippen LogP contribution in [0.15, 0.2) is 18.6 Å². The zero-order chi connectivity index (χ0) is 10.8. The molecular formula is C9H14N6. The Morgan fingerprint density at radius 1 is 1.33 bits per heavy atom. The predicted octanol–water partition coefficient (Wildman–Crippen LogP) is 0.348. The number of anilines is 2. The summed E-state index contributed by atoms with van der Waals surface area (Å²) in [5.74, 6) is 0.710. The Morgan fingerprint density at radius 2 is 2.13 bits per heavy atom. The molecule has 6 nitrogen and oxygen atoms in total. The molecule has 0 saturated carbocycles. The number of rotatable bonds is 3. The number of nitrogens with zero attached hydrogens (tertiary/aromatic N) is 4. The summed E-state index contributed by atoms with van der Waals surface area (Å²) in [4.78, 5) is 0. The second kappa shape index (κ2) is 3.64. The maximum atomic E-state index is 5.74. The largest absolute Gasteiger partial charge is 0.394 e. The van der Waals surface area contributed by atoms with Gasteiger partial charge in [-0.1, -0.05) is 0 Å². The first-order valence-electron chi connectivity index (χ1n) is 4.65. The molecule has 0 unspecified atom stereocenters. The lowest BCUT2D eigenvalue weighted by Crippen LogP contribution is -2.01. The number of nitrogens with one attached hydrogen (secondary N) is 1. The van der Waals surface area contributed by atoms with Crippen LogP contribution in [0, 0.1) is 0 Å². The lowest BCUT2D eigenvalue weighted by molar-refractivity contribution is 0.765. The molecule has 15 heavy (non-hydrogen) atoms. The van der Waals surface area contributed by atoms with Crippen LogP contribution in [0.2, 0.25) is 0 Å². The van der Waals surface area contributed by atoms with Crippen LogP contribution < -0.4 is 11.1 Å². The third-order valence-electron chi connectivity index (χ3n) is 2.08. The Balaban J connectivity index is 2.01. The average Bonchev–Trinajstić information content (AvgIpc) is 2.70. The van der Waals surface area contributed by atoms with Gasteiger partial charge in [-0.15, -0.1) is 0 Å². The summed E-state index contributed by atoms with van der Waals surface area (Å²) >= 11 is 0. The third-order valence-corrected chi connectivity index (χ3v) is 2.08. The molecule has 2 rings (SSSR count). The quantitative estimate of drug-likeness (QED) is 0.760. The van der Waals surface area contributed by atoms with E-state index in [1.165, 1.54) is 0 Å². The van der Waals surface area contributed by atoms with Gasteiger partial charge in [0.25, 0.3) is 0 Å². The fraction of sp³-hybridized carbons (Fsp3) is 0.333. The second-order valence-electron chi connectivity index (χ2n) is 3.48. The van der Waals surface area contributed by atoms with Gasteiger partial charge in [-0.25, -0.2) is 0 Å². The van der Waals surface area contributed by atoms with E-state index in [0.29, 0.717) is 18.1 Å². The normalized spacial score (nSPS) is 10.5. The van der Waals surface area contributed by atoms with E-state index >= 15 is 0 Å². The van der Waals surface area contributed by atoms with Gasteiger partial charge in [-0.2, -0.15) is 10.2 Å². The minimum absolute atomic E-state index is 0.654. The highest BCUT2D eigenvalue weighted by molar-refractivity contribution is 5.59. The van der Waals surface area contributed by atoms with E-state index in [9.17, 15) is 0 Å². The Bertz CT molecular complexity index is 455. The van der Waals surface area contributed by atoms with Crippen LogP contribution in [0.4, 0.5) is 11.5 Å². The van der Waals surface area contributed by atoms with Crippen molar-refractivity contribution < 1.29 is 0 Å². The molecule has 2 aromatic rings. The molecule has 0 fully saturated rings. The van der Waals surface area contributed by atoms with Gasteiger partial charge in [0, 0.05) is 38.6 Å². The van der Waals surface area contributed by atoms with Crippen molar-refractivity contribution in [2.24, 2.45) is 14.1 Å². The highest BCUT2D eigenvalue weighted by atomic mass is 15.3. The van der Waals surface area contributed by atoms with Crippen LogP contribution >= 0.6 is 0 Å². The van der Waals surface area contributed by atoms with E-state index in [2.05, 4.69) is 15.5 Å². The Kier molecular flexibility index (Phi) is 2.32. The average molecular weight is 206 g/mol. The standard InChI is InChI=1S/C9H14N6/c1-14-5-7(4-12-14)3-11-9-8(10)6-15(2)13-9/h4-6H,3,10H2,1-2H3,(H,11,13). The number of aromatic nitrogens is 4. The minimum atomic E-state index is 0.654. The molecular weight excluding hydrogens is 192 g/mol. The maximum Gasteiger partial charge on any atom is 0.171 e. The van der Waals surface area contributed by atoms with Crippen LogP contribution in [0.25, 0.3) is 0 Å². The van der Waals surface area contributed by atoms with E-state index in [4.69, 9.17) is 5.73 Å². The van der Waals surface area contributed by atoms with Gasteiger partial charge in [0.1, 0.15) is 0 Å². The molecule has 0 radical (unpaired) electrons. The number of nitrogens with two attached hydrogens (primary N) is 1. The molecule has 0 aromatic carbocycles. The first-order chi connectivity index (χ1) is 7.15. The van der Waals surface area contributed by atoms with Crippen LogP contribution in [0.3, 0.4) is 0 Å². The SMILES string of the molecule is Cn1cc(CNc2nn(C)cc2N)cn1. The molecule has 0 atom stereocenters. The van der Waals surface area contributed by atoms with E-state index in [0.717, 1.165) is 5.56 Å². The first kappa shape index (κ1) is 9.57. The smallest absolute Gasteiger partial charge is 0.171 e. The van der Waals surface area contributed by atoms with Gasteiger partial charge in [-0.3, -0.25) is 9.36 Å². The number of nitrogen functional groups attached to an aromatic ring is 1. The zero-order valence-corrected chi connectivity index (χ0v) is 8.81. The van der Waals surface area contributed by atoms with Gasteiger partial charge in [0.05, 0.1) is 11.9 Å². The number of hydrogen-bond donors (Lipinski definition) is 2. The van der Waals surface area contributed by atoms with Crippen molar-refractivity contribution >= 4 is 11.5 Å². The van der Waals surface area contributed by atoms with Crippen LogP contribution in [-0.4, -0.2) is 19.6 Å². The van der Waals surface area contributed by atoms with E-state index < -0.39 is 0 Å². The summed E-state index contributed by atoms with van der Waals surface area (Å²) < 4.78 is 3.44. The van der Waals surface area contributed by atoms with Crippen molar-refractivity contribution in [2.45, 2.75) is 6.54 Å². The Hall–Kier alpha value is -1.98.